The van der Waals surface area contributed by atoms with E-state index < -0.39 is 0 Å². The van der Waals surface area contributed by atoms with Gasteiger partial charge in [0.25, 0.3) is 11.8 Å². The lowest BCUT2D eigenvalue weighted by molar-refractivity contribution is 0.0954. The maximum absolute atomic E-state index is 12.3. The molecule has 0 aliphatic heterocycles. The lowest BCUT2D eigenvalue weighted by atomic mass is 10.1. The van der Waals surface area contributed by atoms with Crippen molar-refractivity contribution in [3.63, 3.8) is 0 Å². The van der Waals surface area contributed by atoms with Crippen molar-refractivity contribution in [1.29, 1.82) is 5.26 Å². The fraction of sp³-hybridized carbons (Fsp3) is 0. The van der Waals surface area contributed by atoms with Crippen LogP contribution in [0.2, 0.25) is 0 Å². The maximum Gasteiger partial charge on any atom is 0.271 e. The molecule has 0 unspecified atom stereocenters. The van der Waals surface area contributed by atoms with Crippen molar-refractivity contribution in [2.45, 2.75) is 0 Å². The summed E-state index contributed by atoms with van der Waals surface area (Å²) in [4.78, 5) is 24.5. The Labute approximate surface area is 176 Å². The number of amides is 2. The third kappa shape index (κ3) is 5.37. The summed E-state index contributed by atoms with van der Waals surface area (Å²) in [5.41, 5.74) is 5.25. The van der Waals surface area contributed by atoms with Crippen molar-refractivity contribution in [2.24, 2.45) is 5.10 Å². The van der Waals surface area contributed by atoms with Crippen LogP contribution in [0.1, 0.15) is 31.8 Å². The van der Waals surface area contributed by atoms with E-state index in [1.807, 2.05) is 12.1 Å². The number of halogens is 1. The second-order valence-electron chi connectivity index (χ2n) is 5.94. The third-order valence-corrected chi connectivity index (χ3v) is 4.63. The monoisotopic (exact) mass is 446 g/mol. The minimum atomic E-state index is -0.376. The van der Waals surface area contributed by atoms with Gasteiger partial charge in [0, 0.05) is 15.7 Å². The van der Waals surface area contributed by atoms with Gasteiger partial charge in [-0.25, -0.2) is 5.43 Å². The standard InChI is InChI=1S/C22H15BrN4O2/c23-20-4-2-1-3-19(20)22(29)26-18-11-9-17(10-12-18)21(28)27-25-14-16-7-5-15(13-24)6-8-16/h1-12,14H,(H,26,29)(H,27,28)/b25-14+. The number of benzene rings is 3. The van der Waals surface area contributed by atoms with Gasteiger partial charge in [0.05, 0.1) is 23.4 Å². The Balaban J connectivity index is 1.58. The highest BCUT2D eigenvalue weighted by Gasteiger charge is 2.10. The summed E-state index contributed by atoms with van der Waals surface area (Å²) >= 11 is 3.35. The predicted octanol–water partition coefficient (Wildman–Crippen LogP) is 4.34. The Morgan fingerprint density at radius 2 is 1.62 bits per heavy atom. The molecule has 7 heteroatoms. The Kier molecular flexibility index (Phi) is 6.51. The highest BCUT2D eigenvalue weighted by molar-refractivity contribution is 9.10. The fourth-order valence-corrected chi connectivity index (χ4v) is 2.89. The topological polar surface area (TPSA) is 94.3 Å². The first kappa shape index (κ1) is 20.0. The predicted molar refractivity (Wildman–Crippen MR) is 115 cm³/mol. The molecule has 2 amide bonds. The summed E-state index contributed by atoms with van der Waals surface area (Å²) < 4.78 is 0.702. The molecule has 3 rings (SSSR count). The van der Waals surface area contributed by atoms with Gasteiger partial charge in [-0.15, -0.1) is 0 Å². The lowest BCUT2D eigenvalue weighted by Gasteiger charge is -2.07. The summed E-state index contributed by atoms with van der Waals surface area (Å²) in [5, 5.41) is 15.5. The zero-order chi connectivity index (χ0) is 20.6. The molecule has 0 radical (unpaired) electrons. The molecule has 2 N–H and O–H groups in total. The molecule has 3 aromatic carbocycles. The van der Waals surface area contributed by atoms with Crippen molar-refractivity contribution in [3.05, 3.63) is 99.5 Å². The SMILES string of the molecule is N#Cc1ccc(/C=N/NC(=O)c2ccc(NC(=O)c3ccccc3Br)cc2)cc1. The van der Waals surface area contributed by atoms with Crippen LogP contribution in [0.3, 0.4) is 0 Å². The molecule has 29 heavy (non-hydrogen) atoms. The van der Waals surface area contributed by atoms with Gasteiger partial charge in [-0.2, -0.15) is 10.4 Å². The Hall–Kier alpha value is -3.76. The number of nitriles is 1. The van der Waals surface area contributed by atoms with E-state index in [0.717, 1.165) is 5.56 Å². The summed E-state index contributed by atoms with van der Waals surface area (Å²) in [6, 6.07) is 22.5. The van der Waals surface area contributed by atoms with Crippen LogP contribution in [0.4, 0.5) is 5.69 Å². The number of anilines is 1. The number of carbonyl (C=O) groups is 2. The molecule has 6 nitrogen and oxygen atoms in total. The first-order valence-corrected chi connectivity index (χ1v) is 9.35. The van der Waals surface area contributed by atoms with E-state index in [4.69, 9.17) is 5.26 Å². The summed E-state index contributed by atoms with van der Waals surface area (Å²) in [7, 11) is 0. The normalized spacial score (nSPS) is 10.3. The summed E-state index contributed by atoms with van der Waals surface area (Å²) in [6.45, 7) is 0. The Bertz CT molecular complexity index is 1100. The number of carbonyl (C=O) groups excluding carboxylic acids is 2. The van der Waals surface area contributed by atoms with Gasteiger partial charge in [0.15, 0.2) is 0 Å². The van der Waals surface area contributed by atoms with Crippen LogP contribution in [0.25, 0.3) is 0 Å². The number of hydrazone groups is 1. The van der Waals surface area contributed by atoms with Gasteiger partial charge in [-0.05, 0) is 70.0 Å². The van der Waals surface area contributed by atoms with Gasteiger partial charge in [0.1, 0.15) is 0 Å². The zero-order valence-corrected chi connectivity index (χ0v) is 16.7. The fourth-order valence-electron chi connectivity index (χ4n) is 2.42. The minimum Gasteiger partial charge on any atom is -0.322 e. The highest BCUT2D eigenvalue weighted by atomic mass is 79.9. The van der Waals surface area contributed by atoms with Crippen LogP contribution >= 0.6 is 15.9 Å². The molecule has 0 bridgehead atoms. The van der Waals surface area contributed by atoms with Gasteiger partial charge in [-0.3, -0.25) is 9.59 Å². The third-order valence-electron chi connectivity index (χ3n) is 3.94. The smallest absolute Gasteiger partial charge is 0.271 e. The quantitative estimate of drug-likeness (QED) is 0.450. The zero-order valence-electron chi connectivity index (χ0n) is 15.1. The Morgan fingerprint density at radius 1 is 0.931 bits per heavy atom. The molecular weight excluding hydrogens is 432 g/mol. The van der Waals surface area contributed by atoms with E-state index in [2.05, 4.69) is 31.8 Å². The van der Waals surface area contributed by atoms with Gasteiger partial charge in [-0.1, -0.05) is 24.3 Å². The molecule has 0 aliphatic rings. The number of nitrogens with one attached hydrogen (secondary N) is 2. The molecule has 0 saturated heterocycles. The van der Waals surface area contributed by atoms with Crippen molar-refractivity contribution in [1.82, 2.24) is 5.43 Å². The highest BCUT2D eigenvalue weighted by Crippen LogP contribution is 2.18. The van der Waals surface area contributed by atoms with E-state index in [9.17, 15) is 9.59 Å². The summed E-state index contributed by atoms with van der Waals surface area (Å²) in [6.07, 6.45) is 1.49. The van der Waals surface area contributed by atoms with Crippen molar-refractivity contribution in [3.8, 4) is 6.07 Å². The second-order valence-corrected chi connectivity index (χ2v) is 6.80. The number of nitrogens with zero attached hydrogens (tertiary/aromatic N) is 2. The molecule has 0 aliphatic carbocycles. The van der Waals surface area contributed by atoms with E-state index in [1.54, 1.807) is 66.7 Å². The average Bonchev–Trinajstić information content (AvgIpc) is 2.75. The molecule has 0 saturated carbocycles. The number of hydrogen-bond acceptors (Lipinski definition) is 4. The van der Waals surface area contributed by atoms with Gasteiger partial charge >= 0.3 is 0 Å². The van der Waals surface area contributed by atoms with E-state index >= 15 is 0 Å². The van der Waals surface area contributed by atoms with Crippen LogP contribution < -0.4 is 10.7 Å². The maximum atomic E-state index is 12.3. The van der Waals surface area contributed by atoms with Crippen molar-refractivity contribution in [2.75, 3.05) is 5.32 Å². The van der Waals surface area contributed by atoms with E-state index in [0.29, 0.717) is 26.9 Å². The lowest BCUT2D eigenvalue weighted by Crippen LogP contribution is -2.18. The molecule has 3 aromatic rings. The van der Waals surface area contributed by atoms with E-state index in [-0.39, 0.29) is 11.8 Å². The van der Waals surface area contributed by atoms with Crippen LogP contribution in [0.15, 0.2) is 82.4 Å². The molecule has 0 heterocycles. The first-order valence-electron chi connectivity index (χ1n) is 8.56. The average molecular weight is 447 g/mol. The van der Waals surface area contributed by atoms with Gasteiger partial charge in [0.2, 0.25) is 0 Å². The van der Waals surface area contributed by atoms with Crippen LogP contribution in [0, 0.1) is 11.3 Å². The van der Waals surface area contributed by atoms with Crippen molar-refractivity contribution < 1.29 is 9.59 Å². The first-order chi connectivity index (χ1) is 14.1. The van der Waals surface area contributed by atoms with Crippen LogP contribution in [-0.4, -0.2) is 18.0 Å². The van der Waals surface area contributed by atoms with Crippen molar-refractivity contribution >= 4 is 39.6 Å². The number of hydrogen-bond donors (Lipinski definition) is 2. The molecule has 0 fully saturated rings. The van der Waals surface area contributed by atoms with Crippen LogP contribution in [-0.2, 0) is 0 Å². The largest absolute Gasteiger partial charge is 0.322 e. The molecule has 0 aromatic heterocycles. The molecule has 0 atom stereocenters. The molecule has 142 valence electrons. The van der Waals surface area contributed by atoms with Crippen LogP contribution in [0.5, 0.6) is 0 Å². The van der Waals surface area contributed by atoms with Gasteiger partial charge < -0.3 is 5.32 Å². The molecular formula is C22H15BrN4O2. The second kappa shape index (κ2) is 9.44. The molecule has 0 spiro atoms. The van der Waals surface area contributed by atoms with E-state index in [1.165, 1.54) is 6.21 Å². The summed E-state index contributed by atoms with van der Waals surface area (Å²) in [5.74, 6) is -0.625. The Morgan fingerprint density at radius 3 is 2.28 bits per heavy atom. The minimum absolute atomic E-state index is 0.248. The number of rotatable bonds is 5.